The first-order valence-electron chi connectivity index (χ1n) is 19.3. The number of phosphoric acid groups is 1. The van der Waals surface area contributed by atoms with Crippen molar-refractivity contribution in [1.82, 2.24) is 29.7 Å². The van der Waals surface area contributed by atoms with Gasteiger partial charge < -0.3 is 19.0 Å². The first kappa shape index (κ1) is 60.5. The molecule has 0 spiro atoms. The van der Waals surface area contributed by atoms with Gasteiger partial charge in [-0.2, -0.15) is 0 Å². The van der Waals surface area contributed by atoms with Crippen LogP contribution in [0.15, 0.2) is 170 Å². The van der Waals surface area contributed by atoms with E-state index >= 15 is 0 Å². The third-order valence-electron chi connectivity index (χ3n) is 8.36. The summed E-state index contributed by atoms with van der Waals surface area (Å²) < 4.78 is 89.1. The molecule has 4 heterocycles. The van der Waals surface area contributed by atoms with E-state index in [1.54, 1.807) is 97.6 Å². The molecule has 4 aromatic heterocycles. The average molecular weight is 1130 g/mol. The quantitative estimate of drug-likeness (QED) is 0.0785. The molecule has 0 saturated carbocycles. The second-order valence-electron chi connectivity index (χ2n) is 13.6. The molecule has 0 bridgehead atoms. The fourth-order valence-corrected chi connectivity index (χ4v) is 6.95. The van der Waals surface area contributed by atoms with E-state index < -0.39 is 28.3 Å². The largest absolute Gasteiger partial charge is 2.00 e. The van der Waals surface area contributed by atoms with Crippen LogP contribution < -0.4 is 56.3 Å². The molecule has 25 heteroatoms. The van der Waals surface area contributed by atoms with Gasteiger partial charge in [0.2, 0.25) is 0 Å². The van der Waals surface area contributed by atoms with Crippen molar-refractivity contribution in [2.45, 2.75) is 39.3 Å². The zero-order chi connectivity index (χ0) is 48.7. The first-order chi connectivity index (χ1) is 31.8. The van der Waals surface area contributed by atoms with Gasteiger partial charge in [0.1, 0.15) is 11.5 Å². The van der Waals surface area contributed by atoms with Gasteiger partial charge in [-0.3, -0.25) is 29.7 Å². The van der Waals surface area contributed by atoms with Gasteiger partial charge in [-0.05, 0) is 96.1 Å². The molecule has 0 N–H and O–H groups in total. The van der Waals surface area contributed by atoms with Crippen LogP contribution >= 0.6 is 19.4 Å². The summed E-state index contributed by atoms with van der Waals surface area (Å²) in [6.45, 7) is 3.13. The third kappa shape index (κ3) is 27.4. The Morgan fingerprint density at radius 2 is 0.725 bits per heavy atom. The Morgan fingerprint density at radius 3 is 0.971 bits per heavy atom. The predicted octanol–water partition coefficient (Wildman–Crippen LogP) is -1.51. The van der Waals surface area contributed by atoms with Crippen LogP contribution in [0.2, 0.25) is 5.02 Å². The Bertz CT molecular complexity index is 2260. The van der Waals surface area contributed by atoms with Gasteiger partial charge in [0.25, 0.3) is 0 Å². The van der Waals surface area contributed by atoms with Gasteiger partial charge in [-0.1, -0.05) is 78.0 Å². The standard InChI is InChI=1S/C32H31ClN6O.C12H11O4P.2ClHO4.2Cu/c33-27-17-25(19-38(21-28-9-1-5-13-34-28)22-29-10-2-6-14-35-29)32(40)26(18-27)20-39(23-30-11-3-7-15-36-30)24-31-12-4-8-16-37-31;13-17(14,15-11-7-3-1-4-8-11)16-12-9-5-2-6-10-12;2*2-1(3,4)5;;/h1-18,40H,19-24H2;1-10H,(H,13,14);2*(H,2,3,4,5);;/q;;;;2*+2/p-4. The van der Waals surface area contributed by atoms with E-state index in [4.69, 9.17) is 57.9 Å². The van der Waals surface area contributed by atoms with Gasteiger partial charge in [-0.15, -0.1) is 20.5 Å². The van der Waals surface area contributed by atoms with Gasteiger partial charge in [0.05, 0.1) is 22.8 Å². The van der Waals surface area contributed by atoms with Gasteiger partial charge in [0, 0.05) is 69.1 Å². The van der Waals surface area contributed by atoms with Crippen molar-refractivity contribution in [3.05, 3.63) is 209 Å². The van der Waals surface area contributed by atoms with Crippen molar-refractivity contribution in [3.63, 3.8) is 0 Å². The zero-order valence-corrected chi connectivity index (χ0v) is 40.6. The summed E-state index contributed by atoms with van der Waals surface area (Å²) in [5.41, 5.74) is 4.97. The summed E-state index contributed by atoms with van der Waals surface area (Å²) in [6, 6.07) is 43.4. The molecule has 372 valence electrons. The van der Waals surface area contributed by atoms with Crippen LogP contribution in [-0.2, 0) is 78.0 Å². The minimum Gasteiger partial charge on any atom is -0.872 e. The summed E-state index contributed by atoms with van der Waals surface area (Å²) in [4.78, 5) is 33.9. The number of benzene rings is 3. The van der Waals surface area contributed by atoms with E-state index in [2.05, 4.69) is 29.7 Å². The maximum Gasteiger partial charge on any atom is 2.00 e. The van der Waals surface area contributed by atoms with E-state index in [0.29, 0.717) is 55.4 Å². The van der Waals surface area contributed by atoms with E-state index in [9.17, 15) is 14.6 Å². The van der Waals surface area contributed by atoms with Crippen LogP contribution in [-0.4, -0.2) is 29.7 Å². The first-order valence-corrected chi connectivity index (χ1v) is 23.7. The Balaban J connectivity index is 0.000000464. The van der Waals surface area contributed by atoms with E-state index in [-0.39, 0.29) is 51.4 Å². The summed E-state index contributed by atoms with van der Waals surface area (Å²) >= 11 is 6.60. The SMILES string of the molecule is O=P([O-])(Oc1ccccc1)Oc1ccccc1.[Cu+2].[Cu+2].[O-][Cl+3]([O-])([O-])[O-].[O-][Cl+3]([O-])([O-])[O-].[O-]c1c(CN(Cc2ccccn2)Cc2ccccn2)cc(Cl)cc1CN(Cc1ccccn1)Cc1ccccn1. The predicted molar refractivity (Wildman–Crippen MR) is 215 cm³/mol. The number of pyridine rings is 4. The number of halogens is 3. The van der Waals surface area contributed by atoms with Crippen molar-refractivity contribution in [1.29, 1.82) is 0 Å². The number of rotatable bonds is 16. The number of para-hydroxylation sites is 2. The molecule has 0 atom stereocenters. The monoisotopic (exact) mass is 1120 g/mol. The Morgan fingerprint density at radius 1 is 0.464 bits per heavy atom. The number of hydrogen-bond acceptors (Lipinski definition) is 19. The van der Waals surface area contributed by atoms with Crippen LogP contribution in [0.1, 0.15) is 33.9 Å². The maximum atomic E-state index is 13.8. The number of phosphoric ester groups is 1. The molecule has 3 aromatic carbocycles. The normalized spacial score (nSPS) is 11.0. The number of nitrogens with zero attached hydrogens (tertiary/aromatic N) is 6. The molecular formula is C44H40Cl3Cu2N6O13P. The second kappa shape index (κ2) is 30.9. The minimum absolute atomic E-state index is 0. The maximum absolute atomic E-state index is 13.8. The average Bonchev–Trinajstić information content (AvgIpc) is 3.26. The minimum atomic E-state index is -4.94. The molecule has 0 fully saturated rings. The van der Waals surface area contributed by atoms with Crippen molar-refractivity contribution in [3.8, 4) is 17.2 Å². The van der Waals surface area contributed by atoms with Crippen LogP contribution in [0.3, 0.4) is 0 Å². The molecule has 0 aliphatic rings. The summed E-state index contributed by atoms with van der Waals surface area (Å²) in [5, 5.41) is 14.4. The van der Waals surface area contributed by atoms with Crippen LogP contribution in [0.25, 0.3) is 0 Å². The molecule has 19 nitrogen and oxygen atoms in total. The van der Waals surface area contributed by atoms with E-state index in [1.165, 1.54) is 0 Å². The summed E-state index contributed by atoms with van der Waals surface area (Å²) in [6.07, 6.45) is 7.12. The fourth-order valence-electron chi connectivity index (χ4n) is 5.89. The molecule has 69 heavy (non-hydrogen) atoms. The molecular weight excluding hydrogens is 1080 g/mol. The molecule has 0 saturated heterocycles. The molecule has 0 unspecified atom stereocenters. The Kier molecular flexibility index (Phi) is 27.0. The smallest absolute Gasteiger partial charge is 0.872 e. The summed E-state index contributed by atoms with van der Waals surface area (Å²) in [5.74, 6) is 0.437. The molecule has 7 rings (SSSR count). The van der Waals surface area contributed by atoms with Gasteiger partial charge >= 0.3 is 42.0 Å². The van der Waals surface area contributed by atoms with Crippen LogP contribution in [0, 0.1) is 20.5 Å². The van der Waals surface area contributed by atoms with Crippen LogP contribution in [0.5, 0.6) is 17.2 Å². The van der Waals surface area contributed by atoms with Crippen molar-refractivity contribution in [2.75, 3.05) is 0 Å². The molecule has 7 aromatic rings. The second-order valence-corrected chi connectivity index (χ2v) is 16.8. The Labute approximate surface area is 428 Å². The number of aromatic nitrogens is 4. The van der Waals surface area contributed by atoms with E-state index in [0.717, 1.165) is 22.8 Å². The van der Waals surface area contributed by atoms with Crippen LogP contribution in [0.4, 0.5) is 0 Å². The molecule has 0 aliphatic carbocycles. The van der Waals surface area contributed by atoms with Gasteiger partial charge in [0.15, 0.2) is 0 Å². The summed E-state index contributed by atoms with van der Waals surface area (Å²) in [7, 11) is -14.3. The number of hydrogen-bond donors (Lipinski definition) is 0. The van der Waals surface area contributed by atoms with Gasteiger partial charge in [-0.25, -0.2) is 41.8 Å². The van der Waals surface area contributed by atoms with Crippen molar-refractivity contribution < 1.29 is 116 Å². The topological polar surface area (TPSA) is 324 Å². The molecule has 0 aliphatic heterocycles. The van der Waals surface area contributed by atoms with Crippen molar-refractivity contribution in [2.24, 2.45) is 0 Å². The van der Waals surface area contributed by atoms with Crippen molar-refractivity contribution >= 4 is 19.4 Å². The Hall–Kier alpha value is -4.64. The molecule has 2 radical (unpaired) electrons. The zero-order valence-electron chi connectivity index (χ0n) is 35.6. The molecule has 0 amide bonds. The fraction of sp³-hybridized carbons (Fsp3) is 0.136. The third-order valence-corrected chi connectivity index (χ3v) is 9.45. The van der Waals surface area contributed by atoms with E-state index in [1.807, 2.05) is 72.8 Å².